The lowest BCUT2D eigenvalue weighted by Crippen LogP contribution is -2.22. The highest BCUT2D eigenvalue weighted by atomic mass is 19.4. The van der Waals surface area contributed by atoms with Gasteiger partial charge in [-0.1, -0.05) is 48.5 Å². The number of carbonyl (C=O) groups excluding carboxylic acids is 1. The van der Waals surface area contributed by atoms with Gasteiger partial charge in [0.2, 0.25) is 5.91 Å². The van der Waals surface area contributed by atoms with Crippen molar-refractivity contribution in [2.75, 3.05) is 23.8 Å². The van der Waals surface area contributed by atoms with Crippen molar-refractivity contribution in [2.45, 2.75) is 19.0 Å². The molecule has 3 aromatic carbocycles. The van der Waals surface area contributed by atoms with Gasteiger partial charge in [-0.3, -0.25) is 4.79 Å². The van der Waals surface area contributed by atoms with Gasteiger partial charge < -0.3 is 15.4 Å². The van der Waals surface area contributed by atoms with Gasteiger partial charge in [0.1, 0.15) is 5.75 Å². The molecule has 3 aromatic rings. The third kappa shape index (κ3) is 7.06. The van der Waals surface area contributed by atoms with Gasteiger partial charge in [0.25, 0.3) is 0 Å². The Hall–Kier alpha value is -3.48. The van der Waals surface area contributed by atoms with Crippen LogP contribution in [-0.2, 0) is 17.4 Å². The van der Waals surface area contributed by atoms with Gasteiger partial charge in [0.15, 0.2) is 0 Å². The zero-order valence-electron chi connectivity index (χ0n) is 16.8. The van der Waals surface area contributed by atoms with E-state index in [0.717, 1.165) is 25.0 Å². The first-order valence-corrected chi connectivity index (χ1v) is 9.88. The first kappa shape index (κ1) is 22.2. The van der Waals surface area contributed by atoms with Crippen molar-refractivity contribution in [3.63, 3.8) is 0 Å². The van der Waals surface area contributed by atoms with Crippen LogP contribution in [0.25, 0.3) is 0 Å². The molecule has 0 bridgehead atoms. The predicted octanol–water partition coefficient (Wildman–Crippen LogP) is 5.77. The number of halogens is 3. The molecule has 2 N–H and O–H groups in total. The minimum absolute atomic E-state index is 0.0899. The molecule has 0 aliphatic carbocycles. The minimum Gasteiger partial charge on any atom is -0.491 e. The van der Waals surface area contributed by atoms with E-state index in [1.807, 2.05) is 30.3 Å². The minimum atomic E-state index is -4.46. The number of hydrogen-bond donors (Lipinski definition) is 2. The Balaban J connectivity index is 1.49. The monoisotopic (exact) mass is 428 g/mol. The molecule has 1 amide bonds. The van der Waals surface area contributed by atoms with Crippen LogP contribution in [0.1, 0.15) is 17.5 Å². The Morgan fingerprint density at radius 1 is 0.903 bits per heavy atom. The van der Waals surface area contributed by atoms with E-state index in [2.05, 4.69) is 22.8 Å². The molecular weight excluding hydrogens is 405 g/mol. The number of para-hydroxylation sites is 2. The largest absolute Gasteiger partial charge is 0.491 e. The van der Waals surface area contributed by atoms with Gasteiger partial charge in [-0.25, -0.2) is 0 Å². The molecule has 0 saturated heterocycles. The fourth-order valence-electron chi connectivity index (χ4n) is 3.00. The first-order valence-electron chi connectivity index (χ1n) is 9.88. The van der Waals surface area contributed by atoms with Crippen LogP contribution in [0.4, 0.5) is 24.5 Å². The Labute approximate surface area is 179 Å². The first-order chi connectivity index (χ1) is 14.9. The summed E-state index contributed by atoms with van der Waals surface area (Å²) in [5.41, 5.74) is 1.16. The molecule has 0 aliphatic heterocycles. The van der Waals surface area contributed by atoms with Crippen molar-refractivity contribution >= 4 is 17.3 Å². The zero-order valence-corrected chi connectivity index (χ0v) is 16.8. The second-order valence-electron chi connectivity index (χ2n) is 6.91. The highest BCUT2D eigenvalue weighted by Crippen LogP contribution is 2.30. The molecule has 0 fully saturated rings. The lowest BCUT2D eigenvalue weighted by atomic mass is 10.1. The quantitative estimate of drug-likeness (QED) is 0.426. The van der Waals surface area contributed by atoms with Crippen LogP contribution in [0.5, 0.6) is 5.75 Å². The smallest absolute Gasteiger partial charge is 0.416 e. The lowest BCUT2D eigenvalue weighted by Gasteiger charge is -2.14. The summed E-state index contributed by atoms with van der Waals surface area (Å²) in [6, 6.07) is 21.9. The van der Waals surface area contributed by atoms with Crippen molar-refractivity contribution in [2.24, 2.45) is 0 Å². The summed E-state index contributed by atoms with van der Waals surface area (Å²) in [6.07, 6.45) is -2.72. The molecule has 0 unspecified atom stereocenters. The van der Waals surface area contributed by atoms with Crippen molar-refractivity contribution < 1.29 is 22.7 Å². The maximum absolute atomic E-state index is 12.8. The van der Waals surface area contributed by atoms with E-state index in [0.29, 0.717) is 18.0 Å². The topological polar surface area (TPSA) is 50.4 Å². The normalized spacial score (nSPS) is 11.1. The number of rotatable bonds is 9. The second kappa shape index (κ2) is 10.5. The Morgan fingerprint density at radius 3 is 2.42 bits per heavy atom. The molecular formula is C24H23F3N2O2. The molecule has 0 atom stereocenters. The van der Waals surface area contributed by atoms with E-state index in [1.54, 1.807) is 12.1 Å². The maximum Gasteiger partial charge on any atom is 0.416 e. The summed E-state index contributed by atoms with van der Waals surface area (Å²) in [7, 11) is 0. The van der Waals surface area contributed by atoms with Crippen LogP contribution in [0.15, 0.2) is 78.9 Å². The molecule has 7 heteroatoms. The van der Waals surface area contributed by atoms with Crippen molar-refractivity contribution in [1.82, 2.24) is 0 Å². The third-order valence-electron chi connectivity index (χ3n) is 4.51. The number of alkyl halides is 3. The summed E-state index contributed by atoms with van der Waals surface area (Å²) in [6.45, 7) is 0.407. The summed E-state index contributed by atoms with van der Waals surface area (Å²) in [5, 5.41) is 5.45. The molecule has 0 heterocycles. The molecule has 0 aliphatic rings. The van der Waals surface area contributed by atoms with E-state index < -0.39 is 17.6 Å². The van der Waals surface area contributed by atoms with Gasteiger partial charge in [-0.15, -0.1) is 0 Å². The molecule has 0 saturated carbocycles. The molecule has 4 nitrogen and oxygen atoms in total. The third-order valence-corrected chi connectivity index (χ3v) is 4.51. The van der Waals surface area contributed by atoms with Gasteiger partial charge >= 0.3 is 6.18 Å². The van der Waals surface area contributed by atoms with Crippen LogP contribution >= 0.6 is 0 Å². The van der Waals surface area contributed by atoms with E-state index in [1.165, 1.54) is 17.7 Å². The molecule has 0 radical (unpaired) electrons. The predicted molar refractivity (Wildman–Crippen MR) is 115 cm³/mol. The van der Waals surface area contributed by atoms with Crippen LogP contribution in [0.3, 0.4) is 0 Å². The summed E-state index contributed by atoms with van der Waals surface area (Å²) >= 11 is 0. The van der Waals surface area contributed by atoms with Crippen LogP contribution in [0.2, 0.25) is 0 Å². The Bertz CT molecular complexity index is 991. The number of amides is 1. The number of nitrogens with one attached hydrogen (secondary N) is 2. The van der Waals surface area contributed by atoms with E-state index in [-0.39, 0.29) is 12.2 Å². The van der Waals surface area contributed by atoms with E-state index in [9.17, 15) is 18.0 Å². The molecule has 3 rings (SSSR count). The highest BCUT2D eigenvalue weighted by molar-refractivity contribution is 5.94. The van der Waals surface area contributed by atoms with Gasteiger partial charge in [-0.05, 0) is 48.7 Å². The summed E-state index contributed by atoms with van der Waals surface area (Å²) < 4.78 is 44.3. The van der Waals surface area contributed by atoms with Crippen LogP contribution in [-0.4, -0.2) is 19.1 Å². The van der Waals surface area contributed by atoms with Crippen molar-refractivity contribution in [3.05, 3.63) is 90.0 Å². The van der Waals surface area contributed by atoms with Gasteiger partial charge in [-0.2, -0.15) is 13.2 Å². The number of carbonyl (C=O) groups is 1. The summed E-state index contributed by atoms with van der Waals surface area (Å²) in [5.74, 6) is 0.153. The number of hydrogen-bond acceptors (Lipinski definition) is 3. The lowest BCUT2D eigenvalue weighted by molar-refractivity contribution is -0.137. The number of ether oxygens (including phenoxy) is 1. The average molecular weight is 428 g/mol. The van der Waals surface area contributed by atoms with Crippen LogP contribution < -0.4 is 15.4 Å². The average Bonchev–Trinajstić information content (AvgIpc) is 2.76. The van der Waals surface area contributed by atoms with Gasteiger partial charge in [0.05, 0.1) is 24.4 Å². The number of anilines is 2. The SMILES string of the molecule is O=C(CNc1ccccc1OCCCc1ccccc1)Nc1cccc(C(F)(F)F)c1. The fourth-order valence-corrected chi connectivity index (χ4v) is 3.00. The standard InChI is InChI=1S/C24H23F3N2O2/c25-24(26,27)19-11-6-12-20(16-19)29-23(30)17-28-21-13-4-5-14-22(21)31-15-7-10-18-8-2-1-3-9-18/h1-6,8-9,11-14,16,28H,7,10,15,17H2,(H,29,30). The molecule has 0 spiro atoms. The second-order valence-corrected chi connectivity index (χ2v) is 6.91. The van der Waals surface area contributed by atoms with Gasteiger partial charge in [0, 0.05) is 5.69 Å². The van der Waals surface area contributed by atoms with E-state index in [4.69, 9.17) is 4.74 Å². The maximum atomic E-state index is 12.8. The molecule has 0 aromatic heterocycles. The van der Waals surface area contributed by atoms with Crippen molar-refractivity contribution in [1.29, 1.82) is 0 Å². The van der Waals surface area contributed by atoms with Crippen molar-refractivity contribution in [3.8, 4) is 5.75 Å². The number of aryl methyl sites for hydroxylation is 1. The summed E-state index contributed by atoms with van der Waals surface area (Å²) in [4.78, 5) is 12.2. The fraction of sp³-hybridized carbons (Fsp3) is 0.208. The Morgan fingerprint density at radius 2 is 1.65 bits per heavy atom. The molecule has 162 valence electrons. The number of benzene rings is 3. The zero-order chi connectivity index (χ0) is 22.1. The van der Waals surface area contributed by atoms with E-state index >= 15 is 0 Å². The highest BCUT2D eigenvalue weighted by Gasteiger charge is 2.30. The molecule has 31 heavy (non-hydrogen) atoms. The Kier molecular flexibility index (Phi) is 7.54. The van der Waals surface area contributed by atoms with Crippen LogP contribution in [0, 0.1) is 0 Å².